The van der Waals surface area contributed by atoms with Crippen molar-refractivity contribution in [2.24, 2.45) is 5.92 Å². The fraction of sp³-hybridized carbons (Fsp3) is 0.160. The molecular weight excluding hydrogens is 608 g/mol. The van der Waals surface area contributed by atoms with E-state index in [2.05, 4.69) is 10.6 Å². The molecule has 0 spiro atoms. The molecule has 3 aromatic carbocycles. The molecule has 1 aliphatic rings. The fourth-order valence-electron chi connectivity index (χ4n) is 3.87. The highest BCUT2D eigenvalue weighted by Gasteiger charge is 2.67. The third-order valence-corrected chi connectivity index (χ3v) is 7.50. The van der Waals surface area contributed by atoms with Crippen LogP contribution >= 0.6 is 46.4 Å². The van der Waals surface area contributed by atoms with Crippen LogP contribution in [-0.2, 0) is 9.59 Å². The van der Waals surface area contributed by atoms with Crippen LogP contribution in [0.5, 0.6) is 0 Å². The first-order valence-electron chi connectivity index (χ1n) is 10.9. The molecule has 1 aliphatic carbocycles. The van der Waals surface area contributed by atoms with Gasteiger partial charge in [0.2, 0.25) is 5.91 Å². The van der Waals surface area contributed by atoms with Gasteiger partial charge >= 0.3 is 6.43 Å². The van der Waals surface area contributed by atoms with Crippen molar-refractivity contribution in [1.29, 1.82) is 0 Å². The fourth-order valence-corrected chi connectivity index (χ4v) is 5.00. The van der Waals surface area contributed by atoms with Crippen molar-refractivity contribution in [1.82, 2.24) is 0 Å². The first-order chi connectivity index (χ1) is 18.3. The zero-order valence-corrected chi connectivity index (χ0v) is 22.2. The Labute approximate surface area is 238 Å². The second-order valence-corrected chi connectivity index (χ2v) is 10.7. The van der Waals surface area contributed by atoms with Crippen molar-refractivity contribution >= 4 is 81.2 Å². The predicted octanol–water partition coefficient (Wildman–Crippen LogP) is 7.25. The largest absolute Gasteiger partial charge is 0.326 e. The zero-order chi connectivity index (χ0) is 28.6. The molecule has 0 aliphatic heterocycles. The van der Waals surface area contributed by atoms with Gasteiger partial charge < -0.3 is 16.0 Å². The summed E-state index contributed by atoms with van der Waals surface area (Å²) in [6.45, 7) is 0. The second kappa shape index (κ2) is 11.2. The minimum atomic E-state index is -3.52. The molecule has 6 nitrogen and oxygen atoms in total. The summed E-state index contributed by atoms with van der Waals surface area (Å²) in [5, 5.41) is 6.80. The lowest BCUT2D eigenvalue weighted by Gasteiger charge is -2.12. The highest BCUT2D eigenvalue weighted by atomic mass is 35.5. The van der Waals surface area contributed by atoms with Gasteiger partial charge in [-0.25, -0.2) is 8.78 Å². The lowest BCUT2D eigenvalue weighted by molar-refractivity contribution is -0.126. The van der Waals surface area contributed by atoms with Gasteiger partial charge in [0.1, 0.15) is 15.8 Å². The van der Waals surface area contributed by atoms with Gasteiger partial charge in [0.05, 0.1) is 21.7 Å². The summed E-state index contributed by atoms with van der Waals surface area (Å²) in [5.41, 5.74) is -0.994. The van der Waals surface area contributed by atoms with E-state index in [1.165, 1.54) is 29.6 Å². The van der Waals surface area contributed by atoms with Gasteiger partial charge in [0.25, 0.3) is 11.8 Å². The van der Waals surface area contributed by atoms with Crippen molar-refractivity contribution in [2.45, 2.75) is 16.7 Å². The summed E-state index contributed by atoms with van der Waals surface area (Å²) in [6.07, 6.45) is -3.52. The number of benzene rings is 3. The SMILES string of the molecule is O=C(Nc1ccc(F)c(NC(=O)C(F)F)c1F)c1cccc(NC(=O)C2[C@H](c3ccc(Cl)c(Cl)c3)C2(Cl)Cl)c1. The number of amides is 3. The summed E-state index contributed by atoms with van der Waals surface area (Å²) >= 11 is 24.7. The van der Waals surface area contributed by atoms with E-state index in [0.717, 1.165) is 6.07 Å². The Hall–Kier alpha value is -3.05. The Morgan fingerprint density at radius 2 is 1.59 bits per heavy atom. The van der Waals surface area contributed by atoms with Crippen molar-refractivity contribution in [3.63, 3.8) is 0 Å². The molecule has 1 unspecified atom stereocenters. The number of rotatable bonds is 7. The van der Waals surface area contributed by atoms with Crippen LogP contribution < -0.4 is 16.0 Å². The maximum Gasteiger partial charge on any atom is 0.315 e. The Balaban J connectivity index is 1.47. The lowest BCUT2D eigenvalue weighted by atomic mass is 10.1. The molecule has 0 heterocycles. The van der Waals surface area contributed by atoms with E-state index in [4.69, 9.17) is 46.4 Å². The predicted molar refractivity (Wildman–Crippen MR) is 141 cm³/mol. The van der Waals surface area contributed by atoms with E-state index < -0.39 is 63.3 Å². The highest BCUT2D eigenvalue weighted by molar-refractivity contribution is 6.53. The van der Waals surface area contributed by atoms with Crippen LogP contribution in [0.3, 0.4) is 0 Å². The van der Waals surface area contributed by atoms with Gasteiger partial charge in [-0.1, -0.05) is 35.3 Å². The summed E-state index contributed by atoms with van der Waals surface area (Å²) in [5.74, 6) is -7.57. The third-order valence-electron chi connectivity index (χ3n) is 5.82. The average Bonchev–Trinajstić information content (AvgIpc) is 3.46. The molecule has 0 radical (unpaired) electrons. The molecule has 1 fully saturated rings. The lowest BCUT2D eigenvalue weighted by Crippen LogP contribution is -2.22. The van der Waals surface area contributed by atoms with Crippen molar-refractivity contribution in [3.8, 4) is 0 Å². The number of nitrogens with one attached hydrogen (secondary N) is 3. The van der Waals surface area contributed by atoms with E-state index in [1.807, 2.05) is 0 Å². The van der Waals surface area contributed by atoms with Crippen LogP contribution in [0.1, 0.15) is 21.8 Å². The van der Waals surface area contributed by atoms with Gasteiger partial charge in [0, 0.05) is 17.2 Å². The van der Waals surface area contributed by atoms with Crippen LogP contribution in [0.4, 0.5) is 34.6 Å². The second-order valence-electron chi connectivity index (χ2n) is 8.40. The monoisotopic (exact) mass is 621 g/mol. The molecule has 2 atom stereocenters. The summed E-state index contributed by atoms with van der Waals surface area (Å²) < 4.78 is 52.1. The maximum absolute atomic E-state index is 14.7. The van der Waals surface area contributed by atoms with Crippen LogP contribution in [-0.4, -0.2) is 28.5 Å². The van der Waals surface area contributed by atoms with Gasteiger partial charge in [-0.15, -0.1) is 23.2 Å². The van der Waals surface area contributed by atoms with E-state index in [9.17, 15) is 31.9 Å². The number of halogens is 8. The third kappa shape index (κ3) is 6.09. The minimum absolute atomic E-state index is 0.0467. The summed E-state index contributed by atoms with van der Waals surface area (Å²) in [7, 11) is 0. The Morgan fingerprint density at radius 1 is 0.872 bits per heavy atom. The smallest absolute Gasteiger partial charge is 0.315 e. The van der Waals surface area contributed by atoms with E-state index in [-0.39, 0.29) is 16.3 Å². The molecule has 3 amide bonds. The molecule has 4 rings (SSSR count). The number of anilines is 3. The molecule has 204 valence electrons. The topological polar surface area (TPSA) is 87.3 Å². The van der Waals surface area contributed by atoms with Gasteiger partial charge in [-0.3, -0.25) is 14.4 Å². The van der Waals surface area contributed by atoms with Gasteiger partial charge in [-0.05, 0) is 48.0 Å². The molecule has 1 saturated carbocycles. The van der Waals surface area contributed by atoms with Crippen LogP contribution in [0.2, 0.25) is 10.0 Å². The molecular formula is C25H15Cl4F4N3O3. The highest BCUT2D eigenvalue weighted by Crippen LogP contribution is 2.65. The van der Waals surface area contributed by atoms with Crippen molar-refractivity contribution in [2.75, 3.05) is 16.0 Å². The average molecular weight is 623 g/mol. The molecule has 3 aromatic rings. The Kier molecular flexibility index (Phi) is 8.32. The van der Waals surface area contributed by atoms with Crippen LogP contribution in [0, 0.1) is 17.6 Å². The summed E-state index contributed by atoms with van der Waals surface area (Å²) in [6, 6.07) is 11.8. The van der Waals surface area contributed by atoms with Crippen LogP contribution in [0.25, 0.3) is 0 Å². The van der Waals surface area contributed by atoms with Crippen molar-refractivity contribution in [3.05, 3.63) is 87.4 Å². The van der Waals surface area contributed by atoms with Gasteiger partial charge in [-0.2, -0.15) is 8.78 Å². The molecule has 0 bridgehead atoms. The maximum atomic E-state index is 14.7. The zero-order valence-electron chi connectivity index (χ0n) is 19.2. The van der Waals surface area contributed by atoms with Crippen LogP contribution in [0.15, 0.2) is 54.6 Å². The number of carbonyl (C=O) groups is 3. The molecule has 39 heavy (non-hydrogen) atoms. The molecule has 14 heteroatoms. The number of hydrogen-bond acceptors (Lipinski definition) is 3. The normalized spacial score (nSPS) is 17.5. The first kappa shape index (κ1) is 28.9. The van der Waals surface area contributed by atoms with Crippen molar-refractivity contribution < 1.29 is 31.9 Å². The number of hydrogen-bond donors (Lipinski definition) is 3. The molecule has 0 saturated heterocycles. The minimum Gasteiger partial charge on any atom is -0.326 e. The quantitative estimate of drug-likeness (QED) is 0.192. The standard InChI is InChI=1S/C25H15Cl4F4N3O3/c26-13-5-4-10(9-14(13)27)17-18(25(17,28)29)23(38)34-12-3-1-2-11(8-12)22(37)35-16-7-6-15(30)20(19(16)31)36-24(39)21(32)33/h1-9,17-18,21H,(H,34,38)(H,35,37)(H,36,39)/t17-,18?/m0/s1. The Morgan fingerprint density at radius 3 is 2.26 bits per heavy atom. The number of carbonyl (C=O) groups excluding carboxylic acids is 3. The first-order valence-corrected chi connectivity index (χ1v) is 12.4. The molecule has 3 N–H and O–H groups in total. The molecule has 0 aromatic heterocycles. The Bertz CT molecular complexity index is 1490. The van der Waals surface area contributed by atoms with E-state index in [0.29, 0.717) is 16.7 Å². The van der Waals surface area contributed by atoms with E-state index in [1.54, 1.807) is 18.2 Å². The number of alkyl halides is 4. The van der Waals surface area contributed by atoms with E-state index >= 15 is 0 Å². The van der Waals surface area contributed by atoms with Gasteiger partial charge in [0.15, 0.2) is 5.82 Å². The summed E-state index contributed by atoms with van der Waals surface area (Å²) in [4.78, 5) is 36.8.